The highest BCUT2D eigenvalue weighted by atomic mass is 32.2. The highest BCUT2D eigenvalue weighted by Crippen LogP contribution is 2.27. The van der Waals surface area contributed by atoms with Crippen LogP contribution in [0.15, 0.2) is 53.4 Å². The first-order valence-corrected chi connectivity index (χ1v) is 12.1. The number of carbonyl (C=O) groups is 1. The van der Waals surface area contributed by atoms with Gasteiger partial charge in [-0.05, 0) is 49.1 Å². The maximum absolute atomic E-state index is 13.2. The molecule has 0 unspecified atom stereocenters. The molecule has 1 aliphatic heterocycles. The number of hydrogen-bond donors (Lipinski definition) is 0. The van der Waals surface area contributed by atoms with E-state index in [9.17, 15) is 18.5 Å². The summed E-state index contributed by atoms with van der Waals surface area (Å²) in [5, 5.41) is 18.2. The molecule has 1 amide bonds. The smallest absolute Gasteiger partial charge is 0.244 e. The summed E-state index contributed by atoms with van der Waals surface area (Å²) in [4.78, 5) is 15.0. The predicted octanol–water partition coefficient (Wildman–Crippen LogP) is 3.27. The van der Waals surface area contributed by atoms with Gasteiger partial charge in [-0.1, -0.05) is 31.2 Å². The van der Waals surface area contributed by atoms with Crippen LogP contribution in [0.1, 0.15) is 42.9 Å². The summed E-state index contributed by atoms with van der Waals surface area (Å²) >= 11 is 0. The fourth-order valence-electron chi connectivity index (χ4n) is 3.97. The number of amides is 1. The molecule has 8 heteroatoms. The fraction of sp³-hybridized carbons (Fsp3) is 0.375. The van der Waals surface area contributed by atoms with E-state index in [0.29, 0.717) is 31.5 Å². The number of carbonyl (C=O) groups excluding carboxylic acids is 1. The highest BCUT2D eigenvalue weighted by molar-refractivity contribution is 7.89. The number of benzene rings is 2. The second kappa shape index (κ2) is 10.4. The zero-order valence-corrected chi connectivity index (χ0v) is 18.9. The van der Waals surface area contributed by atoms with Crippen LogP contribution in [0, 0.1) is 28.6 Å². The molecule has 1 fully saturated rings. The van der Waals surface area contributed by atoms with Crippen LogP contribution in [-0.2, 0) is 21.4 Å². The Hall–Kier alpha value is -3.20. The summed E-state index contributed by atoms with van der Waals surface area (Å²) in [6, 6.07) is 17.4. The van der Waals surface area contributed by atoms with Crippen LogP contribution in [0.5, 0.6) is 0 Å². The van der Waals surface area contributed by atoms with Gasteiger partial charge in [0, 0.05) is 32.1 Å². The average Bonchev–Trinajstić information content (AvgIpc) is 2.83. The Morgan fingerprint density at radius 3 is 2.31 bits per heavy atom. The summed E-state index contributed by atoms with van der Waals surface area (Å²) in [5.74, 6) is -0.205. The van der Waals surface area contributed by atoms with Gasteiger partial charge in [-0.15, -0.1) is 0 Å². The average molecular weight is 451 g/mol. The summed E-state index contributed by atoms with van der Waals surface area (Å²) in [6.07, 6.45) is 1.71. The number of hydrogen-bond acceptors (Lipinski definition) is 5. The van der Waals surface area contributed by atoms with Crippen LogP contribution < -0.4 is 0 Å². The van der Waals surface area contributed by atoms with Crippen LogP contribution in [0.2, 0.25) is 0 Å². The van der Waals surface area contributed by atoms with Gasteiger partial charge in [0.1, 0.15) is 6.07 Å². The molecule has 2 aromatic rings. The molecule has 0 saturated carbocycles. The molecule has 0 spiro atoms. The van der Waals surface area contributed by atoms with Crippen molar-refractivity contribution < 1.29 is 13.2 Å². The second-order valence-corrected chi connectivity index (χ2v) is 9.76. The van der Waals surface area contributed by atoms with Crippen LogP contribution in [-0.4, -0.2) is 43.2 Å². The number of piperidine rings is 1. The Labute approximate surface area is 189 Å². The lowest BCUT2D eigenvalue weighted by Crippen LogP contribution is -2.44. The first-order chi connectivity index (χ1) is 15.4. The van der Waals surface area contributed by atoms with Crippen molar-refractivity contribution in [1.82, 2.24) is 9.21 Å². The molecule has 1 aliphatic rings. The van der Waals surface area contributed by atoms with Gasteiger partial charge in [0.2, 0.25) is 15.9 Å². The lowest BCUT2D eigenvalue weighted by Gasteiger charge is -2.34. The second-order valence-electron chi connectivity index (χ2n) is 7.85. The third kappa shape index (κ3) is 5.16. The van der Waals surface area contributed by atoms with E-state index in [2.05, 4.69) is 6.07 Å². The minimum Gasteiger partial charge on any atom is -0.338 e. The van der Waals surface area contributed by atoms with E-state index >= 15 is 0 Å². The highest BCUT2D eigenvalue weighted by Gasteiger charge is 2.34. The molecule has 3 rings (SSSR count). The van der Waals surface area contributed by atoms with Gasteiger partial charge in [0.05, 0.1) is 22.1 Å². The maximum Gasteiger partial charge on any atom is 0.244 e. The molecule has 1 heterocycles. The predicted molar refractivity (Wildman–Crippen MR) is 120 cm³/mol. The van der Waals surface area contributed by atoms with Crippen molar-refractivity contribution in [2.75, 3.05) is 19.6 Å². The Bertz CT molecular complexity index is 1140. The topological polar surface area (TPSA) is 105 Å². The molecule has 0 N–H and O–H groups in total. The van der Waals surface area contributed by atoms with E-state index in [4.69, 9.17) is 5.26 Å². The normalized spacial score (nSPS) is 15.0. The lowest BCUT2D eigenvalue weighted by atomic mass is 9.96. The maximum atomic E-state index is 13.2. The summed E-state index contributed by atoms with van der Waals surface area (Å²) in [6.45, 7) is 3.59. The van der Waals surface area contributed by atoms with Crippen molar-refractivity contribution >= 4 is 15.9 Å². The first-order valence-electron chi connectivity index (χ1n) is 10.7. The van der Waals surface area contributed by atoms with Gasteiger partial charge in [-0.3, -0.25) is 4.79 Å². The fourth-order valence-corrected chi connectivity index (χ4v) is 5.58. The van der Waals surface area contributed by atoms with Crippen molar-refractivity contribution in [3.8, 4) is 12.1 Å². The molecule has 1 saturated heterocycles. The van der Waals surface area contributed by atoms with Gasteiger partial charge in [0.15, 0.2) is 0 Å². The molecule has 7 nitrogen and oxygen atoms in total. The van der Waals surface area contributed by atoms with Gasteiger partial charge < -0.3 is 4.90 Å². The molecule has 0 radical (unpaired) electrons. The first kappa shape index (κ1) is 23.5. The molecule has 0 aromatic heterocycles. The van der Waals surface area contributed by atoms with E-state index in [1.54, 1.807) is 24.3 Å². The monoisotopic (exact) mass is 450 g/mol. The van der Waals surface area contributed by atoms with E-state index in [1.165, 1.54) is 16.4 Å². The summed E-state index contributed by atoms with van der Waals surface area (Å²) in [5.41, 5.74) is 1.66. The van der Waals surface area contributed by atoms with Crippen LogP contribution in [0.25, 0.3) is 0 Å². The van der Waals surface area contributed by atoms with E-state index in [1.807, 2.05) is 30.0 Å². The van der Waals surface area contributed by atoms with Crippen LogP contribution >= 0.6 is 0 Å². The van der Waals surface area contributed by atoms with Crippen LogP contribution in [0.3, 0.4) is 0 Å². The molecular formula is C24H26N4O3S. The zero-order chi connectivity index (χ0) is 23.1. The van der Waals surface area contributed by atoms with Gasteiger partial charge in [-0.25, -0.2) is 8.42 Å². The van der Waals surface area contributed by atoms with Crippen molar-refractivity contribution in [3.05, 3.63) is 65.2 Å². The Kier molecular flexibility index (Phi) is 7.63. The van der Waals surface area contributed by atoms with E-state index in [-0.39, 0.29) is 35.4 Å². The molecule has 0 bridgehead atoms. The zero-order valence-electron chi connectivity index (χ0n) is 18.1. The summed E-state index contributed by atoms with van der Waals surface area (Å²) in [7, 11) is -3.78. The van der Waals surface area contributed by atoms with Crippen molar-refractivity contribution in [2.45, 2.75) is 37.6 Å². The third-order valence-corrected chi connectivity index (χ3v) is 7.65. The summed E-state index contributed by atoms with van der Waals surface area (Å²) < 4.78 is 27.4. The Balaban J connectivity index is 1.67. The lowest BCUT2D eigenvalue weighted by molar-refractivity contribution is -0.137. The van der Waals surface area contributed by atoms with E-state index < -0.39 is 10.0 Å². The molecular weight excluding hydrogens is 424 g/mol. The quantitative estimate of drug-likeness (QED) is 0.644. The largest absolute Gasteiger partial charge is 0.338 e. The standard InChI is InChI=1S/C24H26N4O3S/c1-2-13-27(18-20-9-7-19(16-25)8-10-20)24(29)21-11-14-28(15-12-21)32(30,31)23-6-4-3-5-22(23)17-26/h3-10,21H,2,11-15,18H2,1H3. The molecule has 0 aliphatic carbocycles. The molecule has 0 atom stereocenters. The molecule has 166 valence electrons. The molecule has 2 aromatic carbocycles. The molecule has 32 heavy (non-hydrogen) atoms. The van der Waals surface area contributed by atoms with Gasteiger partial charge in [-0.2, -0.15) is 14.8 Å². The Morgan fingerprint density at radius 1 is 1.06 bits per heavy atom. The third-order valence-electron chi connectivity index (χ3n) is 5.69. The van der Waals surface area contributed by atoms with Crippen molar-refractivity contribution in [3.63, 3.8) is 0 Å². The number of rotatable bonds is 7. The number of nitriles is 2. The van der Waals surface area contributed by atoms with Crippen LogP contribution in [0.4, 0.5) is 0 Å². The minimum atomic E-state index is -3.78. The van der Waals surface area contributed by atoms with Crippen molar-refractivity contribution in [1.29, 1.82) is 10.5 Å². The number of nitrogens with zero attached hydrogens (tertiary/aromatic N) is 4. The van der Waals surface area contributed by atoms with E-state index in [0.717, 1.165) is 12.0 Å². The SMILES string of the molecule is CCCN(Cc1ccc(C#N)cc1)C(=O)C1CCN(S(=O)(=O)c2ccccc2C#N)CC1. The Morgan fingerprint density at radius 2 is 1.72 bits per heavy atom. The van der Waals surface area contributed by atoms with Gasteiger partial charge in [0.25, 0.3) is 0 Å². The van der Waals surface area contributed by atoms with Crippen molar-refractivity contribution in [2.24, 2.45) is 5.92 Å². The minimum absolute atomic E-state index is 0.0145. The number of sulfonamides is 1. The van der Waals surface area contributed by atoms with Gasteiger partial charge >= 0.3 is 0 Å².